The fourth-order valence-corrected chi connectivity index (χ4v) is 6.26. The SMILES string of the molecule is COc1cc(OC)cc(-n2nc(C(=O)N3CCSCC3(C)C)c3c2-c2cc(Br)c(OC)cc2OC3)c1. The summed E-state index contributed by atoms with van der Waals surface area (Å²) in [7, 11) is 4.83. The average Bonchev–Trinajstić information content (AvgIpc) is 3.27. The van der Waals surface area contributed by atoms with Gasteiger partial charge < -0.3 is 23.8 Å². The Hall–Kier alpha value is -2.85. The fourth-order valence-electron chi connectivity index (χ4n) is 4.65. The Morgan fingerprint density at radius 2 is 1.81 bits per heavy atom. The van der Waals surface area contributed by atoms with Crippen molar-refractivity contribution in [2.75, 3.05) is 39.4 Å². The van der Waals surface area contributed by atoms with Crippen molar-refractivity contribution in [2.24, 2.45) is 0 Å². The highest BCUT2D eigenvalue weighted by atomic mass is 79.9. The van der Waals surface area contributed by atoms with Crippen LogP contribution in [0.2, 0.25) is 0 Å². The first-order chi connectivity index (χ1) is 17.3. The average molecular weight is 574 g/mol. The summed E-state index contributed by atoms with van der Waals surface area (Å²) in [6, 6.07) is 9.34. The Kier molecular flexibility index (Phi) is 6.59. The lowest BCUT2D eigenvalue weighted by molar-refractivity contribution is 0.0588. The molecule has 0 bridgehead atoms. The third kappa shape index (κ3) is 4.20. The second-order valence-electron chi connectivity index (χ2n) is 9.25. The lowest BCUT2D eigenvalue weighted by atomic mass is 10.00. The smallest absolute Gasteiger partial charge is 0.275 e. The van der Waals surface area contributed by atoms with Gasteiger partial charge in [-0.15, -0.1) is 0 Å². The summed E-state index contributed by atoms with van der Waals surface area (Å²) in [4.78, 5) is 15.9. The van der Waals surface area contributed by atoms with E-state index in [1.54, 1.807) is 32.1 Å². The minimum atomic E-state index is -0.278. The van der Waals surface area contributed by atoms with Crippen LogP contribution in [-0.2, 0) is 6.61 Å². The third-order valence-corrected chi connectivity index (χ3v) is 8.54. The first-order valence-electron chi connectivity index (χ1n) is 11.5. The summed E-state index contributed by atoms with van der Waals surface area (Å²) in [5.74, 6) is 4.25. The van der Waals surface area contributed by atoms with Crippen LogP contribution in [0.15, 0.2) is 34.8 Å². The van der Waals surface area contributed by atoms with E-state index in [4.69, 9.17) is 24.0 Å². The molecule has 0 N–H and O–H groups in total. The molecular formula is C26H28BrN3O5S. The Morgan fingerprint density at radius 3 is 2.44 bits per heavy atom. The zero-order valence-electron chi connectivity index (χ0n) is 20.9. The van der Waals surface area contributed by atoms with E-state index in [9.17, 15) is 4.79 Å². The maximum Gasteiger partial charge on any atom is 0.275 e. The van der Waals surface area contributed by atoms with E-state index in [1.807, 2.05) is 40.9 Å². The molecule has 0 aliphatic carbocycles. The van der Waals surface area contributed by atoms with E-state index in [-0.39, 0.29) is 18.1 Å². The van der Waals surface area contributed by atoms with Crippen molar-refractivity contribution in [2.45, 2.75) is 26.0 Å². The molecule has 0 spiro atoms. The number of methoxy groups -OCH3 is 3. The maximum atomic E-state index is 14.0. The van der Waals surface area contributed by atoms with Crippen LogP contribution >= 0.6 is 27.7 Å². The van der Waals surface area contributed by atoms with Gasteiger partial charge in [-0.3, -0.25) is 4.79 Å². The molecule has 3 heterocycles. The van der Waals surface area contributed by atoms with Gasteiger partial charge in [0.15, 0.2) is 5.69 Å². The number of hydrogen-bond acceptors (Lipinski definition) is 7. The van der Waals surface area contributed by atoms with Gasteiger partial charge >= 0.3 is 0 Å². The van der Waals surface area contributed by atoms with Gasteiger partial charge in [0.05, 0.1) is 37.2 Å². The summed E-state index contributed by atoms with van der Waals surface area (Å²) >= 11 is 5.46. The van der Waals surface area contributed by atoms with Crippen LogP contribution in [0.1, 0.15) is 29.9 Å². The summed E-state index contributed by atoms with van der Waals surface area (Å²) in [6.07, 6.45) is 0. The number of benzene rings is 2. The molecule has 190 valence electrons. The molecule has 0 atom stereocenters. The number of hydrogen-bond donors (Lipinski definition) is 0. The van der Waals surface area contributed by atoms with Gasteiger partial charge in [-0.25, -0.2) is 4.68 Å². The molecule has 1 saturated heterocycles. The van der Waals surface area contributed by atoms with E-state index >= 15 is 0 Å². The fraction of sp³-hybridized carbons (Fsp3) is 0.385. The number of thioether (sulfide) groups is 1. The van der Waals surface area contributed by atoms with Crippen molar-refractivity contribution in [1.29, 1.82) is 0 Å². The molecule has 1 fully saturated rings. The molecule has 36 heavy (non-hydrogen) atoms. The van der Waals surface area contributed by atoms with Crippen molar-refractivity contribution < 1.29 is 23.7 Å². The number of ether oxygens (including phenoxy) is 4. The van der Waals surface area contributed by atoms with Crippen LogP contribution in [0.5, 0.6) is 23.0 Å². The summed E-state index contributed by atoms with van der Waals surface area (Å²) < 4.78 is 25.2. The van der Waals surface area contributed by atoms with E-state index in [0.717, 1.165) is 38.5 Å². The molecule has 1 amide bonds. The molecule has 2 aliphatic rings. The van der Waals surface area contributed by atoms with Gasteiger partial charge in [-0.2, -0.15) is 16.9 Å². The zero-order valence-corrected chi connectivity index (χ0v) is 23.3. The molecular weight excluding hydrogens is 546 g/mol. The minimum absolute atomic E-state index is 0.0928. The highest BCUT2D eigenvalue weighted by Gasteiger charge is 2.39. The Bertz CT molecular complexity index is 1320. The number of carbonyl (C=O) groups is 1. The minimum Gasteiger partial charge on any atom is -0.497 e. The number of rotatable bonds is 5. The molecule has 2 aromatic carbocycles. The Balaban J connectivity index is 1.74. The van der Waals surface area contributed by atoms with Crippen molar-refractivity contribution in [3.05, 3.63) is 46.1 Å². The number of fused-ring (bicyclic) bond motifs is 3. The van der Waals surface area contributed by atoms with Crippen LogP contribution < -0.4 is 18.9 Å². The van der Waals surface area contributed by atoms with E-state index in [1.165, 1.54) is 0 Å². The van der Waals surface area contributed by atoms with Gasteiger partial charge in [0.1, 0.15) is 29.6 Å². The summed E-state index contributed by atoms with van der Waals surface area (Å²) in [6.45, 7) is 5.09. The van der Waals surface area contributed by atoms with Crippen molar-refractivity contribution in [1.82, 2.24) is 14.7 Å². The van der Waals surface area contributed by atoms with E-state index < -0.39 is 0 Å². The number of halogens is 1. The van der Waals surface area contributed by atoms with Crippen molar-refractivity contribution >= 4 is 33.6 Å². The first kappa shape index (κ1) is 24.8. The normalized spacial score (nSPS) is 16.0. The molecule has 5 rings (SSSR count). The highest BCUT2D eigenvalue weighted by Crippen LogP contribution is 2.45. The quantitative estimate of drug-likeness (QED) is 0.416. The van der Waals surface area contributed by atoms with Gasteiger partial charge in [-0.05, 0) is 35.8 Å². The second kappa shape index (κ2) is 9.55. The Morgan fingerprint density at radius 1 is 1.08 bits per heavy atom. The molecule has 8 nitrogen and oxygen atoms in total. The highest BCUT2D eigenvalue weighted by molar-refractivity contribution is 9.10. The Labute approximate surface area is 223 Å². The number of nitrogens with zero attached hydrogens (tertiary/aromatic N) is 3. The van der Waals surface area contributed by atoms with Crippen LogP contribution in [-0.4, -0.2) is 65.5 Å². The summed E-state index contributed by atoms with van der Waals surface area (Å²) in [5, 5.41) is 4.91. The topological polar surface area (TPSA) is 75.1 Å². The standard InChI is InChI=1S/C26H28BrN3O5S/c1-26(2)14-36-7-6-29(26)25(31)23-19-13-35-21-12-22(34-5)20(27)11-18(21)24(19)30(28-23)15-8-16(32-3)10-17(9-15)33-4/h8-12H,6-7,13-14H2,1-5H3. The van der Waals surface area contributed by atoms with Crippen LogP contribution in [0, 0.1) is 0 Å². The van der Waals surface area contributed by atoms with Gasteiger partial charge in [-0.1, -0.05) is 0 Å². The number of aromatic nitrogens is 2. The van der Waals surface area contributed by atoms with Gasteiger partial charge in [0.25, 0.3) is 5.91 Å². The third-order valence-electron chi connectivity index (χ3n) is 6.54. The van der Waals surface area contributed by atoms with Crippen molar-refractivity contribution in [3.8, 4) is 39.9 Å². The monoisotopic (exact) mass is 573 g/mol. The molecule has 3 aromatic rings. The van der Waals surface area contributed by atoms with Crippen LogP contribution in [0.3, 0.4) is 0 Å². The van der Waals surface area contributed by atoms with E-state index in [2.05, 4.69) is 29.8 Å². The molecule has 2 aliphatic heterocycles. The zero-order chi connectivity index (χ0) is 25.6. The van der Waals surface area contributed by atoms with Crippen LogP contribution in [0.25, 0.3) is 16.9 Å². The lowest BCUT2D eigenvalue weighted by Gasteiger charge is -2.41. The second-order valence-corrected chi connectivity index (χ2v) is 11.2. The number of carbonyl (C=O) groups excluding carboxylic acids is 1. The summed E-state index contributed by atoms with van der Waals surface area (Å²) in [5.41, 5.74) is 3.19. The van der Waals surface area contributed by atoms with E-state index in [0.29, 0.717) is 35.2 Å². The molecule has 0 saturated carbocycles. The number of amides is 1. The molecule has 1 aromatic heterocycles. The van der Waals surface area contributed by atoms with Crippen LogP contribution in [0.4, 0.5) is 0 Å². The predicted molar refractivity (Wildman–Crippen MR) is 143 cm³/mol. The van der Waals surface area contributed by atoms with Gasteiger partial charge in [0.2, 0.25) is 0 Å². The lowest BCUT2D eigenvalue weighted by Crippen LogP contribution is -2.53. The molecule has 0 unspecified atom stereocenters. The van der Waals surface area contributed by atoms with Crippen molar-refractivity contribution in [3.63, 3.8) is 0 Å². The predicted octanol–water partition coefficient (Wildman–Crippen LogP) is 5.19. The maximum absolute atomic E-state index is 14.0. The molecule has 0 radical (unpaired) electrons. The first-order valence-corrected chi connectivity index (χ1v) is 13.5. The largest absolute Gasteiger partial charge is 0.497 e. The van der Waals surface area contributed by atoms with Gasteiger partial charge in [0, 0.05) is 59.0 Å². The molecule has 10 heteroatoms.